The van der Waals surface area contributed by atoms with Crippen LogP contribution in [0.4, 0.5) is 0 Å². The molecular weight excluding hydrogens is 272 g/mol. The van der Waals surface area contributed by atoms with E-state index in [0.717, 1.165) is 49.4 Å². The molecule has 0 amide bonds. The molecule has 2 fully saturated rings. The molecule has 1 aliphatic carbocycles. The van der Waals surface area contributed by atoms with E-state index in [1.54, 1.807) is 0 Å². The maximum atomic E-state index is 6.14. The van der Waals surface area contributed by atoms with Crippen LogP contribution >= 0.6 is 11.6 Å². The molecule has 20 heavy (non-hydrogen) atoms. The van der Waals surface area contributed by atoms with E-state index in [-0.39, 0.29) is 0 Å². The SMILES string of the molecule is NC1CCCN(Cc2cc(Cl)ccc2OCC2CC2)C1. The van der Waals surface area contributed by atoms with E-state index in [1.807, 2.05) is 18.2 Å². The molecule has 0 aromatic heterocycles. The fraction of sp³-hybridized carbons (Fsp3) is 0.625. The number of nitrogens with two attached hydrogens (primary N) is 1. The van der Waals surface area contributed by atoms with Crippen molar-refractivity contribution in [2.45, 2.75) is 38.3 Å². The number of hydrogen-bond donors (Lipinski definition) is 1. The van der Waals surface area contributed by atoms with Gasteiger partial charge in [-0.2, -0.15) is 0 Å². The Morgan fingerprint density at radius 1 is 1.30 bits per heavy atom. The van der Waals surface area contributed by atoms with Gasteiger partial charge in [0.05, 0.1) is 6.61 Å². The average Bonchev–Trinajstić information content (AvgIpc) is 3.22. The largest absolute Gasteiger partial charge is 0.493 e. The zero-order chi connectivity index (χ0) is 13.9. The molecule has 2 aliphatic rings. The summed E-state index contributed by atoms with van der Waals surface area (Å²) in [6.07, 6.45) is 4.94. The maximum absolute atomic E-state index is 6.14. The van der Waals surface area contributed by atoms with Gasteiger partial charge in [0, 0.05) is 29.7 Å². The second-order valence-electron chi connectivity index (χ2n) is 6.14. The summed E-state index contributed by atoms with van der Waals surface area (Å²) in [5.41, 5.74) is 7.24. The lowest BCUT2D eigenvalue weighted by Gasteiger charge is -2.31. The topological polar surface area (TPSA) is 38.5 Å². The molecule has 2 N–H and O–H groups in total. The Labute approximate surface area is 126 Å². The molecule has 3 rings (SSSR count). The van der Waals surface area contributed by atoms with Crippen molar-refractivity contribution in [2.75, 3.05) is 19.7 Å². The predicted octanol–water partition coefficient (Wildman–Crippen LogP) is 3.05. The Kier molecular flexibility index (Phi) is 4.49. The van der Waals surface area contributed by atoms with Crippen LogP contribution in [-0.4, -0.2) is 30.6 Å². The van der Waals surface area contributed by atoms with Gasteiger partial charge in [0.2, 0.25) is 0 Å². The summed E-state index contributed by atoms with van der Waals surface area (Å²) in [5, 5.41) is 0.778. The van der Waals surface area contributed by atoms with Gasteiger partial charge in [0.1, 0.15) is 5.75 Å². The molecule has 1 saturated heterocycles. The Morgan fingerprint density at radius 2 is 2.15 bits per heavy atom. The fourth-order valence-electron chi connectivity index (χ4n) is 2.78. The van der Waals surface area contributed by atoms with Crippen LogP contribution in [0.2, 0.25) is 5.02 Å². The van der Waals surface area contributed by atoms with Gasteiger partial charge in [0.15, 0.2) is 0 Å². The van der Waals surface area contributed by atoms with Gasteiger partial charge in [-0.1, -0.05) is 11.6 Å². The summed E-state index contributed by atoms with van der Waals surface area (Å²) in [7, 11) is 0. The number of hydrogen-bond acceptors (Lipinski definition) is 3. The highest BCUT2D eigenvalue weighted by atomic mass is 35.5. The molecule has 1 atom stereocenters. The van der Waals surface area contributed by atoms with Crippen molar-refractivity contribution < 1.29 is 4.74 Å². The Balaban J connectivity index is 1.67. The van der Waals surface area contributed by atoms with Crippen molar-refractivity contribution in [1.29, 1.82) is 0 Å². The molecule has 0 spiro atoms. The minimum Gasteiger partial charge on any atom is -0.493 e. The van der Waals surface area contributed by atoms with Crippen LogP contribution in [0.5, 0.6) is 5.75 Å². The molecule has 110 valence electrons. The molecule has 1 unspecified atom stereocenters. The summed E-state index contributed by atoms with van der Waals surface area (Å²) < 4.78 is 5.97. The van der Waals surface area contributed by atoms with Gasteiger partial charge in [-0.15, -0.1) is 0 Å². The highest BCUT2D eigenvalue weighted by Gasteiger charge is 2.23. The van der Waals surface area contributed by atoms with Crippen molar-refractivity contribution in [1.82, 2.24) is 4.90 Å². The van der Waals surface area contributed by atoms with E-state index in [1.165, 1.54) is 24.8 Å². The Morgan fingerprint density at radius 3 is 2.90 bits per heavy atom. The lowest BCUT2D eigenvalue weighted by atomic mass is 10.1. The first-order valence-electron chi connectivity index (χ1n) is 7.60. The fourth-order valence-corrected chi connectivity index (χ4v) is 2.98. The number of benzene rings is 1. The van der Waals surface area contributed by atoms with E-state index < -0.39 is 0 Å². The third-order valence-electron chi connectivity index (χ3n) is 4.13. The molecule has 0 bridgehead atoms. The number of halogens is 1. The monoisotopic (exact) mass is 294 g/mol. The molecule has 1 saturated carbocycles. The predicted molar refractivity (Wildman–Crippen MR) is 82.2 cm³/mol. The first-order valence-corrected chi connectivity index (χ1v) is 7.97. The van der Waals surface area contributed by atoms with Crippen LogP contribution in [-0.2, 0) is 6.54 Å². The second-order valence-corrected chi connectivity index (χ2v) is 6.58. The molecule has 1 aromatic carbocycles. The Hall–Kier alpha value is -0.770. The van der Waals surface area contributed by atoms with Crippen LogP contribution in [0.25, 0.3) is 0 Å². The van der Waals surface area contributed by atoms with Gasteiger partial charge in [-0.25, -0.2) is 0 Å². The van der Waals surface area contributed by atoms with Gasteiger partial charge >= 0.3 is 0 Å². The molecule has 4 heteroatoms. The van der Waals surface area contributed by atoms with Crippen LogP contribution in [0, 0.1) is 5.92 Å². The molecule has 1 aromatic rings. The van der Waals surface area contributed by atoms with Gasteiger partial charge in [0.25, 0.3) is 0 Å². The zero-order valence-corrected chi connectivity index (χ0v) is 12.6. The maximum Gasteiger partial charge on any atom is 0.123 e. The second kappa shape index (κ2) is 6.33. The third kappa shape index (κ3) is 3.87. The lowest BCUT2D eigenvalue weighted by Crippen LogP contribution is -2.42. The minimum atomic E-state index is 0.304. The number of nitrogens with zero attached hydrogens (tertiary/aromatic N) is 1. The van der Waals surface area contributed by atoms with E-state index >= 15 is 0 Å². The highest BCUT2D eigenvalue weighted by molar-refractivity contribution is 6.30. The number of rotatable bonds is 5. The molecule has 1 heterocycles. The molecule has 0 radical (unpaired) electrons. The standard InChI is InChI=1S/C16H23ClN2O/c17-14-5-6-16(20-11-12-3-4-12)13(8-14)9-19-7-1-2-15(18)10-19/h5-6,8,12,15H,1-4,7,9-11,18H2. The summed E-state index contributed by atoms with van der Waals surface area (Å²) >= 11 is 6.14. The number of ether oxygens (including phenoxy) is 1. The molecule has 1 aliphatic heterocycles. The lowest BCUT2D eigenvalue weighted by molar-refractivity contribution is 0.197. The van der Waals surface area contributed by atoms with E-state index in [9.17, 15) is 0 Å². The van der Waals surface area contributed by atoms with Crippen molar-refractivity contribution in [3.05, 3.63) is 28.8 Å². The van der Waals surface area contributed by atoms with E-state index in [0.29, 0.717) is 6.04 Å². The van der Waals surface area contributed by atoms with Crippen molar-refractivity contribution in [3.63, 3.8) is 0 Å². The smallest absolute Gasteiger partial charge is 0.123 e. The van der Waals surface area contributed by atoms with Crippen molar-refractivity contribution >= 4 is 11.6 Å². The third-order valence-corrected chi connectivity index (χ3v) is 4.37. The highest BCUT2D eigenvalue weighted by Crippen LogP contribution is 2.31. The number of piperidine rings is 1. The Bertz CT molecular complexity index is 462. The zero-order valence-electron chi connectivity index (χ0n) is 11.9. The van der Waals surface area contributed by atoms with Gasteiger partial charge in [-0.05, 0) is 56.3 Å². The summed E-state index contributed by atoms with van der Waals surface area (Å²) in [5.74, 6) is 1.75. The van der Waals surface area contributed by atoms with Crippen LogP contribution in [0.1, 0.15) is 31.2 Å². The van der Waals surface area contributed by atoms with Crippen LogP contribution in [0.15, 0.2) is 18.2 Å². The quantitative estimate of drug-likeness (QED) is 0.907. The van der Waals surface area contributed by atoms with Crippen LogP contribution < -0.4 is 10.5 Å². The molecule has 3 nitrogen and oxygen atoms in total. The summed E-state index contributed by atoms with van der Waals surface area (Å²) in [6.45, 7) is 3.80. The molecular formula is C16H23ClN2O. The van der Waals surface area contributed by atoms with Crippen molar-refractivity contribution in [3.8, 4) is 5.75 Å². The normalized spacial score (nSPS) is 23.8. The first-order chi connectivity index (χ1) is 9.70. The van der Waals surface area contributed by atoms with Crippen LogP contribution in [0.3, 0.4) is 0 Å². The van der Waals surface area contributed by atoms with Gasteiger partial charge < -0.3 is 10.5 Å². The summed E-state index contributed by atoms with van der Waals surface area (Å²) in [4.78, 5) is 2.41. The first kappa shape index (κ1) is 14.2. The van der Waals surface area contributed by atoms with Crippen molar-refractivity contribution in [2.24, 2.45) is 11.7 Å². The van der Waals surface area contributed by atoms with E-state index in [4.69, 9.17) is 22.1 Å². The minimum absolute atomic E-state index is 0.304. The summed E-state index contributed by atoms with van der Waals surface area (Å²) in [6, 6.07) is 6.25. The van der Waals surface area contributed by atoms with E-state index in [2.05, 4.69) is 4.90 Å². The van der Waals surface area contributed by atoms with Gasteiger partial charge in [-0.3, -0.25) is 4.90 Å². The average molecular weight is 295 g/mol. The number of likely N-dealkylation sites (tertiary alicyclic amines) is 1.